The van der Waals surface area contributed by atoms with Crippen LogP contribution in [0.25, 0.3) is 0 Å². The van der Waals surface area contributed by atoms with Gasteiger partial charge in [0.2, 0.25) is 16.0 Å². The van der Waals surface area contributed by atoms with Crippen LogP contribution >= 0.6 is 27.3 Å². The monoisotopic (exact) mass is 485 g/mol. The molecule has 2 aromatic rings. The fraction of sp³-hybridized carbons (Fsp3) is 0.500. The van der Waals surface area contributed by atoms with Gasteiger partial charge >= 0.3 is 6.18 Å². The Labute approximate surface area is 166 Å². The van der Waals surface area contributed by atoms with Crippen LogP contribution in [0.15, 0.2) is 22.4 Å². The second-order valence-electron chi connectivity index (χ2n) is 5.95. The molecule has 0 atom stereocenters. The Hall–Kier alpha value is -1.31. The number of sulfonamides is 1. The number of halogens is 4. The van der Waals surface area contributed by atoms with Crippen LogP contribution in [0.5, 0.6) is 0 Å². The first-order valence-corrected chi connectivity index (χ1v) is 11.3. The molecule has 7 nitrogen and oxygen atoms in total. The third-order valence-corrected chi connectivity index (χ3v) is 6.89. The van der Waals surface area contributed by atoms with Crippen molar-refractivity contribution in [1.29, 1.82) is 0 Å². The molecule has 1 saturated heterocycles. The number of anilines is 2. The summed E-state index contributed by atoms with van der Waals surface area (Å²) in [5.74, 6) is -0.0845. The molecule has 0 aliphatic carbocycles. The summed E-state index contributed by atoms with van der Waals surface area (Å²) < 4.78 is 64.5. The third-order valence-electron chi connectivity index (χ3n) is 4.11. The maximum atomic E-state index is 13.1. The summed E-state index contributed by atoms with van der Waals surface area (Å²) in [4.78, 5) is 13.4. The van der Waals surface area contributed by atoms with E-state index in [-0.39, 0.29) is 25.1 Å². The van der Waals surface area contributed by atoms with Gasteiger partial charge in [-0.3, -0.25) is 4.90 Å². The van der Waals surface area contributed by atoms with Crippen molar-refractivity contribution in [1.82, 2.24) is 19.3 Å². The van der Waals surface area contributed by atoms with Gasteiger partial charge in [0.15, 0.2) is 3.92 Å². The molecule has 0 unspecified atom stereocenters. The summed E-state index contributed by atoms with van der Waals surface area (Å²) >= 11 is 4.49. The van der Waals surface area contributed by atoms with Crippen molar-refractivity contribution >= 4 is 48.2 Å². The van der Waals surface area contributed by atoms with Crippen molar-refractivity contribution in [2.75, 3.05) is 24.2 Å². The Morgan fingerprint density at radius 3 is 2.48 bits per heavy atom. The van der Waals surface area contributed by atoms with Crippen LogP contribution in [-0.4, -0.2) is 53.1 Å². The van der Waals surface area contributed by atoms with Gasteiger partial charge in [-0.15, -0.1) is 0 Å². The number of rotatable bonds is 4. The zero-order valence-electron chi connectivity index (χ0n) is 14.0. The number of hydrogen-bond donors (Lipinski definition) is 0. The van der Waals surface area contributed by atoms with Gasteiger partial charge < -0.3 is 0 Å². The molecule has 1 fully saturated rings. The van der Waals surface area contributed by atoms with Crippen LogP contribution in [0, 0.1) is 0 Å². The van der Waals surface area contributed by atoms with Gasteiger partial charge in [-0.1, -0.05) is 11.3 Å². The van der Waals surface area contributed by atoms with Gasteiger partial charge in [0.05, 0.1) is 12.5 Å². The summed E-state index contributed by atoms with van der Waals surface area (Å²) in [6.07, 6.45) is 0.0180. The van der Waals surface area contributed by atoms with Crippen LogP contribution in [0.1, 0.15) is 18.5 Å². The summed E-state index contributed by atoms with van der Waals surface area (Å²) in [6.45, 7) is 0.553. The van der Waals surface area contributed by atoms with Gasteiger partial charge in [0.1, 0.15) is 10.7 Å². The van der Waals surface area contributed by atoms with Gasteiger partial charge in [-0.2, -0.15) is 13.2 Å². The third kappa shape index (κ3) is 4.76. The Morgan fingerprint density at radius 2 is 1.96 bits per heavy atom. The Bertz CT molecular complexity index is 913. The minimum Gasteiger partial charge on any atom is -0.297 e. The smallest absolute Gasteiger partial charge is 0.297 e. The molecule has 0 aromatic carbocycles. The van der Waals surface area contributed by atoms with Gasteiger partial charge in [0, 0.05) is 25.3 Å². The topological polar surface area (TPSA) is 79.3 Å². The molecule has 1 aliphatic rings. The first kappa shape index (κ1) is 20.4. The van der Waals surface area contributed by atoms with E-state index >= 15 is 0 Å². The van der Waals surface area contributed by atoms with E-state index in [1.165, 1.54) is 21.8 Å². The highest BCUT2D eigenvalue weighted by molar-refractivity contribution is 9.11. The highest BCUT2D eigenvalue weighted by atomic mass is 79.9. The molecule has 0 amide bonds. The number of aromatic nitrogens is 3. The first-order valence-electron chi connectivity index (χ1n) is 7.81. The van der Waals surface area contributed by atoms with Crippen molar-refractivity contribution in [2.45, 2.75) is 25.1 Å². The number of thiazole rings is 1. The molecule has 3 rings (SSSR count). The normalized spacial score (nSPS) is 17.2. The molecular weight excluding hydrogens is 471 g/mol. The van der Waals surface area contributed by atoms with Gasteiger partial charge in [-0.25, -0.2) is 27.7 Å². The van der Waals surface area contributed by atoms with Crippen LogP contribution in [0.4, 0.5) is 24.1 Å². The highest BCUT2D eigenvalue weighted by Crippen LogP contribution is 2.37. The highest BCUT2D eigenvalue weighted by Gasteiger charge is 2.35. The van der Waals surface area contributed by atoms with Crippen molar-refractivity contribution in [3.63, 3.8) is 0 Å². The molecule has 0 spiro atoms. The quantitative estimate of drug-likeness (QED) is 0.660. The van der Waals surface area contributed by atoms with E-state index < -0.39 is 21.9 Å². The molecule has 0 N–H and O–H groups in total. The molecule has 27 heavy (non-hydrogen) atoms. The van der Waals surface area contributed by atoms with E-state index in [0.717, 1.165) is 18.5 Å². The summed E-state index contributed by atoms with van der Waals surface area (Å²) in [5.41, 5.74) is -1.03. The summed E-state index contributed by atoms with van der Waals surface area (Å²) in [5, 5.41) is 0.582. The fourth-order valence-electron chi connectivity index (χ4n) is 2.85. The van der Waals surface area contributed by atoms with E-state index in [1.54, 1.807) is 4.90 Å². The average molecular weight is 486 g/mol. The molecule has 0 bridgehead atoms. The van der Waals surface area contributed by atoms with Gasteiger partial charge in [0.25, 0.3) is 0 Å². The largest absolute Gasteiger partial charge is 0.433 e. The molecule has 2 aromatic heterocycles. The lowest BCUT2D eigenvalue weighted by Crippen LogP contribution is -2.45. The van der Waals surface area contributed by atoms with E-state index in [2.05, 4.69) is 30.9 Å². The van der Waals surface area contributed by atoms with Crippen LogP contribution in [0.3, 0.4) is 0 Å². The van der Waals surface area contributed by atoms with Crippen molar-refractivity contribution in [3.8, 4) is 0 Å². The molecular formula is C14H15BrF3N5O2S2. The zero-order chi connectivity index (χ0) is 19.8. The lowest BCUT2D eigenvalue weighted by atomic mass is 10.1. The number of hydrogen-bond acceptors (Lipinski definition) is 7. The number of nitrogens with zero attached hydrogens (tertiary/aromatic N) is 5. The lowest BCUT2D eigenvalue weighted by molar-refractivity contribution is -0.141. The first-order chi connectivity index (χ1) is 12.6. The van der Waals surface area contributed by atoms with E-state index in [9.17, 15) is 21.6 Å². The number of alkyl halides is 3. The predicted molar refractivity (Wildman–Crippen MR) is 98.4 cm³/mol. The van der Waals surface area contributed by atoms with Gasteiger partial charge in [-0.05, 0) is 34.8 Å². The molecule has 13 heteroatoms. The minimum atomic E-state index is -4.59. The number of piperidine rings is 1. The van der Waals surface area contributed by atoms with Crippen molar-refractivity contribution in [2.24, 2.45) is 0 Å². The summed E-state index contributed by atoms with van der Waals surface area (Å²) in [6, 6.07) is 0.565. The standard InChI is InChI=1S/C14H15BrF3N5O2S2/c1-27(24,25)22-6-3-9(4-7-22)23(11-8-20-12(15)26-11)13-19-5-2-10(21-13)14(16,17)18/h2,5,8-9H,3-4,6-7H2,1H3. The maximum Gasteiger partial charge on any atom is 0.433 e. The lowest BCUT2D eigenvalue weighted by Gasteiger charge is -2.36. The van der Waals surface area contributed by atoms with Crippen LogP contribution in [-0.2, 0) is 16.2 Å². The fourth-order valence-corrected chi connectivity index (χ4v) is 5.04. The average Bonchev–Trinajstić information content (AvgIpc) is 3.00. The molecule has 0 radical (unpaired) electrons. The predicted octanol–water partition coefficient (Wildman–Crippen LogP) is 3.28. The van der Waals surface area contributed by atoms with E-state index in [0.29, 0.717) is 21.8 Å². The van der Waals surface area contributed by atoms with E-state index in [1.807, 2.05) is 0 Å². The zero-order valence-corrected chi connectivity index (χ0v) is 17.2. The van der Waals surface area contributed by atoms with Crippen molar-refractivity contribution < 1.29 is 21.6 Å². The SMILES string of the molecule is CS(=O)(=O)N1CCC(N(c2nccc(C(F)(F)F)n2)c2cnc(Br)s2)CC1. The van der Waals surface area contributed by atoms with E-state index in [4.69, 9.17) is 0 Å². The Morgan fingerprint density at radius 1 is 1.30 bits per heavy atom. The second-order valence-corrected chi connectivity index (χ2v) is 10.2. The second kappa shape index (κ2) is 7.60. The minimum absolute atomic E-state index is 0.0845. The van der Waals surface area contributed by atoms with Crippen molar-refractivity contribution in [3.05, 3.63) is 28.1 Å². The molecule has 0 saturated carbocycles. The summed E-state index contributed by atoms with van der Waals surface area (Å²) in [7, 11) is -3.31. The Kier molecular flexibility index (Phi) is 5.75. The molecule has 3 heterocycles. The molecule has 148 valence electrons. The van der Waals surface area contributed by atoms with Crippen LogP contribution in [0.2, 0.25) is 0 Å². The Balaban J connectivity index is 1.94. The maximum absolute atomic E-state index is 13.1. The molecule has 1 aliphatic heterocycles. The van der Waals surface area contributed by atoms with Crippen LogP contribution < -0.4 is 4.90 Å².